The molecule has 0 saturated carbocycles. The lowest BCUT2D eigenvalue weighted by Crippen LogP contribution is -1.99. The van der Waals surface area contributed by atoms with Crippen molar-refractivity contribution in [1.82, 2.24) is 0 Å². The van der Waals surface area contributed by atoms with Crippen LogP contribution in [-0.4, -0.2) is 0 Å². The molecule has 0 aliphatic heterocycles. The summed E-state index contributed by atoms with van der Waals surface area (Å²) in [6.45, 7) is 2.02. The number of aryl methyl sites for hydroxylation is 3. The lowest BCUT2D eigenvalue weighted by molar-refractivity contribution is 0.445. The topological polar surface area (TPSA) is 0 Å². The molecule has 4 heteroatoms. The number of halogens is 4. The molecule has 0 aromatic heterocycles. The van der Waals surface area contributed by atoms with Gasteiger partial charge >= 0.3 is 0 Å². The molecule has 0 atom stereocenters. The van der Waals surface area contributed by atoms with E-state index in [9.17, 15) is 13.2 Å². The van der Waals surface area contributed by atoms with E-state index in [1.54, 1.807) is 18.2 Å². The molecule has 0 bridgehead atoms. The van der Waals surface area contributed by atoms with E-state index < -0.39 is 17.5 Å². The van der Waals surface area contributed by atoms with Crippen molar-refractivity contribution in [2.75, 3.05) is 0 Å². The fraction of sp³-hybridized carbons (Fsp3) is 0.161. The molecule has 4 rings (SSSR count). The second-order valence-corrected chi connectivity index (χ2v) is 8.40. The van der Waals surface area contributed by atoms with E-state index >= 15 is 4.39 Å². The molecule has 0 amide bonds. The normalized spacial score (nSPS) is 11.1. The van der Waals surface area contributed by atoms with Crippen LogP contribution in [0.5, 0.6) is 0 Å². The molecular formula is C31H24F4. The summed E-state index contributed by atoms with van der Waals surface area (Å²) in [7, 11) is 0. The van der Waals surface area contributed by atoms with E-state index in [4.69, 9.17) is 0 Å². The van der Waals surface area contributed by atoms with Crippen LogP contribution in [0.2, 0.25) is 0 Å². The van der Waals surface area contributed by atoms with Crippen molar-refractivity contribution in [3.8, 4) is 11.8 Å². The molecule has 0 nitrogen and oxygen atoms in total. The van der Waals surface area contributed by atoms with Crippen molar-refractivity contribution < 1.29 is 17.6 Å². The molecule has 0 spiro atoms. The molecular weight excluding hydrogens is 448 g/mol. The van der Waals surface area contributed by atoms with Crippen molar-refractivity contribution in [2.45, 2.75) is 32.6 Å². The molecule has 0 aliphatic carbocycles. The van der Waals surface area contributed by atoms with Crippen LogP contribution in [0.25, 0.3) is 10.8 Å². The fourth-order valence-electron chi connectivity index (χ4n) is 3.95. The van der Waals surface area contributed by atoms with Crippen LogP contribution in [0.4, 0.5) is 17.6 Å². The minimum atomic E-state index is -1.50. The minimum absolute atomic E-state index is 0.189. The number of fused-ring (bicyclic) bond motifs is 1. The second-order valence-electron chi connectivity index (χ2n) is 8.40. The van der Waals surface area contributed by atoms with Crippen LogP contribution in [0.15, 0.2) is 78.9 Å². The Morgan fingerprint density at radius 1 is 0.657 bits per heavy atom. The predicted molar refractivity (Wildman–Crippen MR) is 133 cm³/mol. The third kappa shape index (κ3) is 6.00. The van der Waals surface area contributed by atoms with Crippen LogP contribution in [0.3, 0.4) is 0 Å². The monoisotopic (exact) mass is 472 g/mol. The van der Waals surface area contributed by atoms with Crippen molar-refractivity contribution in [1.29, 1.82) is 0 Å². The number of hydrogen-bond donors (Lipinski definition) is 0. The summed E-state index contributed by atoms with van der Waals surface area (Å²) in [5.41, 5.74) is 3.66. The number of rotatable bonds is 6. The highest BCUT2D eigenvalue weighted by atomic mass is 19.2. The van der Waals surface area contributed by atoms with Gasteiger partial charge in [0.15, 0.2) is 17.5 Å². The van der Waals surface area contributed by atoms with E-state index in [1.807, 2.05) is 31.2 Å². The Bertz CT molecular complexity index is 1410. The van der Waals surface area contributed by atoms with Crippen LogP contribution >= 0.6 is 0 Å². The standard InChI is InChI=1S/C31H24F4/c1-2-3-4-5-21-6-8-22(9-7-21)10-11-23-13-17-27-26(18-23)16-15-25(30(27)34)14-12-24-19-28(32)31(35)29(33)20-24/h2-3,6-9,13,15-20H,4-5,12,14H2,1H3/b3-2+. The van der Waals surface area contributed by atoms with Gasteiger partial charge < -0.3 is 0 Å². The fourth-order valence-corrected chi connectivity index (χ4v) is 3.95. The molecule has 4 aromatic carbocycles. The zero-order valence-electron chi connectivity index (χ0n) is 19.3. The van der Waals surface area contributed by atoms with Gasteiger partial charge in [0.1, 0.15) is 5.82 Å². The highest BCUT2D eigenvalue weighted by Crippen LogP contribution is 2.24. The van der Waals surface area contributed by atoms with Gasteiger partial charge in [-0.15, -0.1) is 0 Å². The lowest BCUT2D eigenvalue weighted by Gasteiger charge is -2.08. The van der Waals surface area contributed by atoms with E-state index in [2.05, 4.69) is 36.1 Å². The Morgan fingerprint density at radius 3 is 2.06 bits per heavy atom. The van der Waals surface area contributed by atoms with E-state index in [1.165, 1.54) is 5.56 Å². The Hall–Kier alpha value is -3.84. The first kappa shape index (κ1) is 24.3. The summed E-state index contributed by atoms with van der Waals surface area (Å²) < 4.78 is 55.1. The lowest BCUT2D eigenvalue weighted by atomic mass is 9.99. The summed E-state index contributed by atoms with van der Waals surface area (Å²) in [5, 5.41) is 1.17. The summed E-state index contributed by atoms with van der Waals surface area (Å²) in [4.78, 5) is 0. The maximum atomic E-state index is 15.1. The van der Waals surface area contributed by atoms with Gasteiger partial charge in [0, 0.05) is 16.5 Å². The van der Waals surface area contributed by atoms with E-state index in [0.717, 1.165) is 41.5 Å². The SMILES string of the molecule is C/C=C/CCc1ccc(C#Cc2ccc3c(F)c(CCc4cc(F)c(F)c(F)c4)ccc3c2)cc1. The highest BCUT2D eigenvalue weighted by molar-refractivity contribution is 5.85. The van der Waals surface area contributed by atoms with Gasteiger partial charge in [-0.3, -0.25) is 0 Å². The van der Waals surface area contributed by atoms with E-state index in [0.29, 0.717) is 10.9 Å². The summed E-state index contributed by atoms with van der Waals surface area (Å²) in [6, 6.07) is 18.8. The quantitative estimate of drug-likeness (QED) is 0.115. The first-order valence-corrected chi connectivity index (χ1v) is 11.5. The zero-order chi connectivity index (χ0) is 24.8. The molecule has 0 unspecified atom stereocenters. The third-order valence-electron chi connectivity index (χ3n) is 5.90. The largest absolute Gasteiger partial charge is 0.206 e. The first-order valence-electron chi connectivity index (χ1n) is 11.5. The number of benzene rings is 4. The van der Waals surface area contributed by atoms with Crippen LogP contribution in [0.1, 0.15) is 41.2 Å². The number of hydrogen-bond acceptors (Lipinski definition) is 0. The van der Waals surface area contributed by atoms with Gasteiger partial charge in [-0.25, -0.2) is 17.6 Å². The van der Waals surface area contributed by atoms with Gasteiger partial charge in [-0.05, 0) is 91.1 Å². The molecule has 0 radical (unpaired) electrons. The average molecular weight is 473 g/mol. The van der Waals surface area contributed by atoms with Gasteiger partial charge in [0.25, 0.3) is 0 Å². The van der Waals surface area contributed by atoms with Crippen molar-refractivity contribution >= 4 is 10.8 Å². The van der Waals surface area contributed by atoms with Crippen LogP contribution in [0, 0.1) is 35.1 Å². The van der Waals surface area contributed by atoms with Gasteiger partial charge in [0.2, 0.25) is 0 Å². The number of allylic oxidation sites excluding steroid dienone is 2. The maximum absolute atomic E-state index is 15.1. The third-order valence-corrected chi connectivity index (χ3v) is 5.90. The molecule has 0 saturated heterocycles. The first-order chi connectivity index (χ1) is 16.9. The zero-order valence-corrected chi connectivity index (χ0v) is 19.3. The Balaban J connectivity index is 1.47. The smallest absolute Gasteiger partial charge is 0.194 e. The molecule has 4 aromatic rings. The molecule has 0 N–H and O–H groups in total. The molecule has 0 aliphatic rings. The molecule has 0 fully saturated rings. The molecule has 35 heavy (non-hydrogen) atoms. The molecule has 0 heterocycles. The predicted octanol–water partition coefficient (Wildman–Crippen LogP) is 8.09. The van der Waals surface area contributed by atoms with Crippen molar-refractivity contribution in [3.63, 3.8) is 0 Å². The highest BCUT2D eigenvalue weighted by Gasteiger charge is 2.12. The Kier molecular flexibility index (Phi) is 7.67. The van der Waals surface area contributed by atoms with Gasteiger partial charge in [0.05, 0.1) is 0 Å². The van der Waals surface area contributed by atoms with Crippen LogP contribution in [-0.2, 0) is 19.3 Å². The summed E-state index contributed by atoms with van der Waals surface area (Å²) >= 11 is 0. The maximum Gasteiger partial charge on any atom is 0.194 e. The van der Waals surface area contributed by atoms with Gasteiger partial charge in [-0.2, -0.15) is 0 Å². The molecule has 176 valence electrons. The average Bonchev–Trinajstić information content (AvgIpc) is 2.86. The summed E-state index contributed by atoms with van der Waals surface area (Å²) in [5.74, 6) is 1.93. The Labute approximate surface area is 202 Å². The van der Waals surface area contributed by atoms with Crippen molar-refractivity contribution in [2.24, 2.45) is 0 Å². The summed E-state index contributed by atoms with van der Waals surface area (Å²) in [6.07, 6.45) is 6.63. The second kappa shape index (κ2) is 11.1. The minimum Gasteiger partial charge on any atom is -0.206 e. The van der Waals surface area contributed by atoms with Crippen LogP contribution < -0.4 is 0 Å². The van der Waals surface area contributed by atoms with Gasteiger partial charge in [-0.1, -0.05) is 54.3 Å². The Morgan fingerprint density at radius 2 is 1.34 bits per heavy atom. The van der Waals surface area contributed by atoms with Crippen molar-refractivity contribution in [3.05, 3.63) is 130 Å². The van der Waals surface area contributed by atoms with E-state index in [-0.39, 0.29) is 24.2 Å².